The first-order valence-corrected chi connectivity index (χ1v) is 8.37. The minimum atomic E-state index is -1.09. The summed E-state index contributed by atoms with van der Waals surface area (Å²) in [5, 5.41) is 8.85. The summed E-state index contributed by atoms with van der Waals surface area (Å²) in [4.78, 5) is 24.6. The second kappa shape index (κ2) is 7.61. The summed E-state index contributed by atoms with van der Waals surface area (Å²) in [7, 11) is 0. The van der Waals surface area contributed by atoms with Gasteiger partial charge in [0.05, 0.1) is 11.0 Å². The fourth-order valence-electron chi connectivity index (χ4n) is 1.92. The van der Waals surface area contributed by atoms with Gasteiger partial charge in [-0.05, 0) is 25.5 Å². The Kier molecular flexibility index (Phi) is 5.79. The van der Waals surface area contributed by atoms with E-state index in [1.807, 2.05) is 38.1 Å². The second-order valence-corrected chi connectivity index (χ2v) is 6.71. The molecule has 1 aromatic carbocycles. The molecule has 0 saturated carbocycles. The van der Waals surface area contributed by atoms with Gasteiger partial charge in [0.25, 0.3) is 5.91 Å². The van der Waals surface area contributed by atoms with Gasteiger partial charge in [0.2, 0.25) is 0 Å². The lowest BCUT2D eigenvalue weighted by atomic mass is 10.1. The van der Waals surface area contributed by atoms with Gasteiger partial charge in [0, 0.05) is 5.56 Å². The highest BCUT2D eigenvalue weighted by molar-refractivity contribution is 8.26. The molecule has 0 spiro atoms. The van der Waals surface area contributed by atoms with Gasteiger partial charge in [-0.1, -0.05) is 49.1 Å². The number of aliphatic carboxylic acids is 1. The van der Waals surface area contributed by atoms with Crippen LogP contribution in [0.4, 0.5) is 0 Å². The Labute approximate surface area is 144 Å². The monoisotopic (exact) mass is 351 g/mol. The van der Waals surface area contributed by atoms with Crippen LogP contribution in [0.15, 0.2) is 29.2 Å². The van der Waals surface area contributed by atoms with Crippen LogP contribution in [-0.4, -0.2) is 38.9 Å². The van der Waals surface area contributed by atoms with Gasteiger partial charge < -0.3 is 9.84 Å². The number of thiocarbonyl (C=S) groups is 1. The molecule has 23 heavy (non-hydrogen) atoms. The van der Waals surface area contributed by atoms with Crippen LogP contribution in [0.3, 0.4) is 0 Å². The van der Waals surface area contributed by atoms with E-state index in [2.05, 4.69) is 0 Å². The fourth-order valence-corrected chi connectivity index (χ4v) is 3.17. The smallest absolute Gasteiger partial charge is 0.323 e. The molecule has 0 aliphatic carbocycles. The van der Waals surface area contributed by atoms with E-state index in [0.717, 1.165) is 28.6 Å². The van der Waals surface area contributed by atoms with E-state index in [-0.39, 0.29) is 16.3 Å². The van der Waals surface area contributed by atoms with Gasteiger partial charge in [-0.15, -0.1) is 0 Å². The van der Waals surface area contributed by atoms with Gasteiger partial charge in [-0.2, -0.15) is 0 Å². The molecule has 1 aromatic rings. The Morgan fingerprint density at radius 2 is 2.17 bits per heavy atom. The molecule has 1 aliphatic rings. The predicted octanol–water partition coefficient (Wildman–Crippen LogP) is 3.15. The van der Waals surface area contributed by atoms with Crippen LogP contribution in [0, 0.1) is 0 Å². The maximum absolute atomic E-state index is 12.3. The average Bonchev–Trinajstić information content (AvgIpc) is 2.76. The number of carbonyl (C=O) groups excluding carboxylic acids is 1. The first-order valence-electron chi connectivity index (χ1n) is 7.15. The quantitative estimate of drug-likeness (QED) is 0.627. The normalized spacial score (nSPS) is 17.7. The van der Waals surface area contributed by atoms with Gasteiger partial charge in [0.1, 0.15) is 16.6 Å². The first-order chi connectivity index (χ1) is 10.9. The van der Waals surface area contributed by atoms with E-state index >= 15 is 0 Å². The number of nitrogens with zero attached hydrogens (tertiary/aromatic N) is 1. The topological polar surface area (TPSA) is 66.8 Å². The number of para-hydroxylation sites is 1. The zero-order valence-electron chi connectivity index (χ0n) is 12.8. The standard InChI is InChI=1S/C16H17NO4S2/c1-3-10(2)21-12-7-5-4-6-11(12)8-13-15(20)17(9-14(18)19)16(22)23-13/h4-8,10H,3,9H2,1-2H3,(H,18,19)/b13-8-/t10-/m1/s1. The van der Waals surface area contributed by atoms with Crippen molar-refractivity contribution in [1.82, 2.24) is 4.90 Å². The molecule has 0 radical (unpaired) electrons. The van der Waals surface area contributed by atoms with Crippen molar-refractivity contribution in [3.8, 4) is 5.75 Å². The molecule has 2 rings (SSSR count). The lowest BCUT2D eigenvalue weighted by molar-refractivity contribution is -0.140. The van der Waals surface area contributed by atoms with Crippen LogP contribution in [-0.2, 0) is 9.59 Å². The number of ether oxygens (including phenoxy) is 1. The number of carboxylic acid groups (broad SMARTS) is 1. The van der Waals surface area contributed by atoms with Crippen LogP contribution in [0.1, 0.15) is 25.8 Å². The summed E-state index contributed by atoms with van der Waals surface area (Å²) < 4.78 is 6.11. The molecule has 0 aromatic heterocycles. The number of hydrogen-bond acceptors (Lipinski definition) is 5. The van der Waals surface area contributed by atoms with Gasteiger partial charge in [-0.25, -0.2) is 0 Å². The van der Waals surface area contributed by atoms with Crippen molar-refractivity contribution < 1.29 is 19.4 Å². The third-order valence-corrected chi connectivity index (χ3v) is 4.65. The lowest BCUT2D eigenvalue weighted by Gasteiger charge is -2.14. The molecule has 122 valence electrons. The van der Waals surface area contributed by atoms with E-state index < -0.39 is 12.5 Å². The minimum absolute atomic E-state index is 0.0612. The molecule has 1 amide bonds. The van der Waals surface area contributed by atoms with Crippen molar-refractivity contribution in [3.05, 3.63) is 34.7 Å². The van der Waals surface area contributed by atoms with Crippen LogP contribution in [0.5, 0.6) is 5.75 Å². The number of hydrogen-bond donors (Lipinski definition) is 1. The Morgan fingerprint density at radius 3 is 2.83 bits per heavy atom. The average molecular weight is 351 g/mol. The van der Waals surface area contributed by atoms with Crippen molar-refractivity contribution in [2.45, 2.75) is 26.4 Å². The summed E-state index contributed by atoms with van der Waals surface area (Å²) in [6.07, 6.45) is 2.62. The van der Waals surface area contributed by atoms with Crippen molar-refractivity contribution in [2.75, 3.05) is 6.54 Å². The summed E-state index contributed by atoms with van der Waals surface area (Å²) in [6, 6.07) is 7.41. The second-order valence-electron chi connectivity index (χ2n) is 5.04. The minimum Gasteiger partial charge on any atom is -0.490 e. The predicted molar refractivity (Wildman–Crippen MR) is 94.3 cm³/mol. The van der Waals surface area contributed by atoms with E-state index in [1.165, 1.54) is 0 Å². The molecule has 7 heteroatoms. The van der Waals surface area contributed by atoms with E-state index in [1.54, 1.807) is 6.08 Å². The largest absolute Gasteiger partial charge is 0.490 e. The van der Waals surface area contributed by atoms with Crippen molar-refractivity contribution in [3.63, 3.8) is 0 Å². The Balaban J connectivity index is 2.27. The zero-order chi connectivity index (χ0) is 17.0. The molecule has 1 heterocycles. The van der Waals surface area contributed by atoms with E-state index in [9.17, 15) is 9.59 Å². The number of benzene rings is 1. The van der Waals surface area contributed by atoms with Crippen LogP contribution in [0.25, 0.3) is 6.08 Å². The molecule has 1 atom stereocenters. The lowest BCUT2D eigenvalue weighted by Crippen LogP contribution is -2.33. The number of rotatable bonds is 6. The molecule has 0 bridgehead atoms. The van der Waals surface area contributed by atoms with Crippen LogP contribution >= 0.6 is 24.0 Å². The highest BCUT2D eigenvalue weighted by Gasteiger charge is 2.33. The van der Waals surface area contributed by atoms with Crippen molar-refractivity contribution in [2.24, 2.45) is 0 Å². The van der Waals surface area contributed by atoms with Gasteiger partial charge >= 0.3 is 5.97 Å². The number of carbonyl (C=O) groups is 2. The molecule has 0 unspecified atom stereocenters. The highest BCUT2D eigenvalue weighted by atomic mass is 32.2. The molecule has 5 nitrogen and oxygen atoms in total. The summed E-state index contributed by atoms with van der Waals surface area (Å²) in [6.45, 7) is 3.58. The Morgan fingerprint density at radius 1 is 1.48 bits per heavy atom. The van der Waals surface area contributed by atoms with E-state index in [0.29, 0.717) is 10.7 Å². The number of amides is 1. The third-order valence-electron chi connectivity index (χ3n) is 3.28. The molecular formula is C16H17NO4S2. The SMILES string of the molecule is CC[C@@H](C)Oc1ccccc1/C=C1\SC(=S)N(CC(=O)O)C1=O. The molecular weight excluding hydrogens is 334 g/mol. The van der Waals surface area contributed by atoms with Gasteiger partial charge in [0.15, 0.2) is 0 Å². The number of thioether (sulfide) groups is 1. The maximum Gasteiger partial charge on any atom is 0.323 e. The molecule has 1 aliphatic heterocycles. The number of carboxylic acids is 1. The molecule has 1 fully saturated rings. The third kappa shape index (κ3) is 4.33. The highest BCUT2D eigenvalue weighted by Crippen LogP contribution is 2.34. The first kappa shape index (κ1) is 17.5. The molecule has 1 N–H and O–H groups in total. The van der Waals surface area contributed by atoms with Crippen molar-refractivity contribution in [1.29, 1.82) is 0 Å². The van der Waals surface area contributed by atoms with E-state index in [4.69, 9.17) is 22.1 Å². The maximum atomic E-state index is 12.3. The Hall–Kier alpha value is -1.86. The van der Waals surface area contributed by atoms with Gasteiger partial charge in [-0.3, -0.25) is 14.5 Å². The summed E-state index contributed by atoms with van der Waals surface area (Å²) >= 11 is 6.19. The Bertz CT molecular complexity index is 672. The van der Waals surface area contributed by atoms with Crippen LogP contribution < -0.4 is 4.74 Å². The fraction of sp³-hybridized carbons (Fsp3) is 0.312. The molecule has 1 saturated heterocycles. The zero-order valence-corrected chi connectivity index (χ0v) is 14.4. The van der Waals surface area contributed by atoms with Crippen LogP contribution in [0.2, 0.25) is 0 Å². The summed E-state index contributed by atoms with van der Waals surface area (Å²) in [5.74, 6) is -0.797. The van der Waals surface area contributed by atoms with Crippen molar-refractivity contribution >= 4 is 46.3 Å². The summed E-state index contributed by atoms with van der Waals surface area (Å²) in [5.41, 5.74) is 0.767.